The number of likely N-dealkylation sites (N-methyl/N-ethyl adjacent to an activating group) is 1. The van der Waals surface area contributed by atoms with Gasteiger partial charge in [0.25, 0.3) is 0 Å². The molecule has 2 aromatic rings. The molecule has 2 heterocycles. The van der Waals surface area contributed by atoms with Crippen LogP contribution in [0.1, 0.15) is 21.7 Å². The maximum atomic E-state index is 12.3. The average Bonchev–Trinajstić information content (AvgIpc) is 2.95. The minimum atomic E-state index is -1.13. The quantitative estimate of drug-likeness (QED) is 0.915. The van der Waals surface area contributed by atoms with Gasteiger partial charge in [0.2, 0.25) is 5.91 Å². The highest BCUT2D eigenvalue weighted by Crippen LogP contribution is 2.28. The van der Waals surface area contributed by atoms with Gasteiger partial charge in [0.05, 0.1) is 5.69 Å². The zero-order chi connectivity index (χ0) is 15.7. The number of hydrogen-bond acceptors (Lipinski definition) is 6. The maximum absolute atomic E-state index is 12.3. The highest BCUT2D eigenvalue weighted by molar-refractivity contribution is 7.11. The van der Waals surface area contributed by atoms with E-state index < -0.39 is 5.97 Å². The summed E-state index contributed by atoms with van der Waals surface area (Å²) in [5, 5.41) is 11.1. The van der Waals surface area contributed by atoms with Crippen LogP contribution in [0.4, 0.5) is 5.00 Å². The Kier molecular flexibility index (Phi) is 4.24. The number of carbonyl (C=O) groups is 2. The summed E-state index contributed by atoms with van der Waals surface area (Å²) in [5.41, 5.74) is 1.09. The molecule has 0 aliphatic rings. The first kappa shape index (κ1) is 15.4. The highest BCUT2D eigenvalue weighted by Gasteiger charge is 2.24. The summed E-state index contributed by atoms with van der Waals surface area (Å²) in [6.07, 6.45) is 0. The summed E-state index contributed by atoms with van der Waals surface area (Å²) in [6.45, 7) is 3.20. The number of aromatic nitrogens is 2. The molecule has 21 heavy (non-hydrogen) atoms. The summed E-state index contributed by atoms with van der Waals surface area (Å²) in [6, 6.07) is 0. The Labute approximate surface area is 128 Å². The van der Waals surface area contributed by atoms with Gasteiger partial charge in [-0.2, -0.15) is 4.37 Å². The third-order valence-electron chi connectivity index (χ3n) is 3.01. The van der Waals surface area contributed by atoms with Crippen molar-refractivity contribution in [2.75, 3.05) is 11.9 Å². The van der Waals surface area contributed by atoms with Gasteiger partial charge < -0.3 is 10.0 Å². The summed E-state index contributed by atoms with van der Waals surface area (Å²) >= 11 is 1.98. The molecule has 0 fully saturated rings. The molecule has 2 rings (SSSR count). The summed E-state index contributed by atoms with van der Waals surface area (Å²) in [4.78, 5) is 36.1. The number of carboxylic acid groups (broad SMARTS) is 1. The topological polar surface area (TPSA) is 92.5 Å². The lowest BCUT2D eigenvalue weighted by molar-refractivity contribution is -0.118. The monoisotopic (exact) mass is 327 g/mol. The third-order valence-corrected chi connectivity index (χ3v) is 4.90. The molecule has 0 radical (unpaired) electrons. The number of aryl methyl sites for hydroxylation is 2. The van der Waals surface area contributed by atoms with E-state index in [1.807, 2.05) is 0 Å². The molecule has 0 spiro atoms. The van der Waals surface area contributed by atoms with Crippen LogP contribution < -0.4 is 9.77 Å². The van der Waals surface area contributed by atoms with Gasteiger partial charge in [-0.05, 0) is 25.4 Å². The molecule has 112 valence electrons. The molecule has 2 aromatic heterocycles. The van der Waals surface area contributed by atoms with E-state index >= 15 is 0 Å². The number of carboxylic acids is 1. The molecule has 0 aliphatic carbocycles. The molecule has 0 saturated carbocycles. The summed E-state index contributed by atoms with van der Waals surface area (Å²) in [7, 11) is 1.48. The predicted octanol–water partition coefficient (Wildman–Crippen LogP) is 1.34. The molecule has 0 saturated heterocycles. The largest absolute Gasteiger partial charge is 0.478 e. The van der Waals surface area contributed by atoms with Crippen molar-refractivity contribution < 1.29 is 14.7 Å². The maximum Gasteiger partial charge on any atom is 0.340 e. The van der Waals surface area contributed by atoms with Crippen molar-refractivity contribution in [2.24, 2.45) is 0 Å². The van der Waals surface area contributed by atoms with Gasteiger partial charge >= 0.3 is 10.8 Å². The van der Waals surface area contributed by atoms with Crippen molar-refractivity contribution in [3.05, 3.63) is 32.0 Å². The molecular formula is C12H13N3O4S2. The second kappa shape index (κ2) is 5.78. The molecule has 0 unspecified atom stereocenters. The minimum Gasteiger partial charge on any atom is -0.478 e. The molecule has 9 heteroatoms. The van der Waals surface area contributed by atoms with Gasteiger partial charge in [-0.1, -0.05) is 11.3 Å². The first-order valence-electron chi connectivity index (χ1n) is 5.94. The van der Waals surface area contributed by atoms with E-state index in [2.05, 4.69) is 4.37 Å². The molecule has 0 aliphatic heterocycles. The SMILES string of the molecule is Cc1nsc(N(C)C(=O)Cn2c(C)csc2=O)c1C(=O)O. The van der Waals surface area contributed by atoms with Gasteiger partial charge in [0.15, 0.2) is 0 Å². The molecule has 7 nitrogen and oxygen atoms in total. The molecule has 0 atom stereocenters. The normalized spacial score (nSPS) is 10.6. The molecule has 0 bridgehead atoms. The van der Waals surface area contributed by atoms with Crippen molar-refractivity contribution in [3.8, 4) is 0 Å². The number of anilines is 1. The van der Waals surface area contributed by atoms with Crippen LogP contribution in [0.15, 0.2) is 10.2 Å². The zero-order valence-corrected chi connectivity index (χ0v) is 13.2. The number of carbonyl (C=O) groups excluding carboxylic acids is 1. The Morgan fingerprint density at radius 2 is 2.10 bits per heavy atom. The predicted molar refractivity (Wildman–Crippen MR) is 80.5 cm³/mol. The first-order chi connectivity index (χ1) is 9.82. The van der Waals surface area contributed by atoms with Crippen molar-refractivity contribution in [2.45, 2.75) is 20.4 Å². The van der Waals surface area contributed by atoms with Crippen LogP contribution >= 0.6 is 22.9 Å². The number of hydrogen-bond donors (Lipinski definition) is 1. The van der Waals surface area contributed by atoms with Gasteiger partial charge in [-0.3, -0.25) is 14.2 Å². The van der Waals surface area contributed by atoms with E-state index in [-0.39, 0.29) is 27.9 Å². The van der Waals surface area contributed by atoms with Crippen LogP contribution in [0.5, 0.6) is 0 Å². The Hall–Kier alpha value is -2.00. The Morgan fingerprint density at radius 1 is 1.43 bits per heavy atom. The third kappa shape index (κ3) is 2.88. The molecule has 0 aromatic carbocycles. The van der Waals surface area contributed by atoms with E-state index in [9.17, 15) is 19.5 Å². The van der Waals surface area contributed by atoms with Crippen molar-refractivity contribution in [3.63, 3.8) is 0 Å². The van der Waals surface area contributed by atoms with Crippen LogP contribution in [0.2, 0.25) is 0 Å². The second-order valence-corrected chi connectivity index (χ2v) is 6.01. The molecule has 1 N–H and O–H groups in total. The fourth-order valence-electron chi connectivity index (χ4n) is 1.78. The first-order valence-corrected chi connectivity index (χ1v) is 7.59. The standard InChI is InChI=1S/C12H13N3O4S2/c1-6-5-20-12(19)15(6)4-8(16)14(3)10-9(11(17)18)7(2)13-21-10/h5H,4H2,1-3H3,(H,17,18). The Balaban J connectivity index is 2.28. The van der Waals surface area contributed by atoms with E-state index in [0.717, 1.165) is 22.9 Å². The smallest absolute Gasteiger partial charge is 0.340 e. The van der Waals surface area contributed by atoms with Crippen molar-refractivity contribution in [1.29, 1.82) is 0 Å². The lowest BCUT2D eigenvalue weighted by Gasteiger charge is -2.16. The van der Waals surface area contributed by atoms with Crippen LogP contribution in [0.25, 0.3) is 0 Å². The van der Waals surface area contributed by atoms with Crippen molar-refractivity contribution in [1.82, 2.24) is 8.94 Å². The fraction of sp³-hybridized carbons (Fsp3) is 0.333. The second-order valence-electron chi connectivity index (χ2n) is 4.44. The molecule has 1 amide bonds. The Bertz CT molecular complexity index is 759. The van der Waals surface area contributed by atoms with Gasteiger partial charge in [-0.15, -0.1) is 0 Å². The van der Waals surface area contributed by atoms with E-state index in [0.29, 0.717) is 11.4 Å². The van der Waals surface area contributed by atoms with E-state index in [1.165, 1.54) is 16.5 Å². The average molecular weight is 327 g/mol. The molecular weight excluding hydrogens is 314 g/mol. The van der Waals surface area contributed by atoms with Crippen LogP contribution in [0.3, 0.4) is 0 Å². The number of aromatic carboxylic acids is 1. The van der Waals surface area contributed by atoms with Crippen LogP contribution in [0, 0.1) is 13.8 Å². The van der Waals surface area contributed by atoms with E-state index in [4.69, 9.17) is 0 Å². The number of rotatable bonds is 4. The lowest BCUT2D eigenvalue weighted by atomic mass is 10.2. The fourth-order valence-corrected chi connectivity index (χ4v) is 3.38. The summed E-state index contributed by atoms with van der Waals surface area (Å²) in [5.74, 6) is -1.50. The number of thiazole rings is 1. The van der Waals surface area contributed by atoms with Crippen LogP contribution in [-0.4, -0.2) is 33.0 Å². The Morgan fingerprint density at radius 3 is 2.62 bits per heavy atom. The minimum absolute atomic E-state index is 0.0187. The number of amides is 1. The van der Waals surface area contributed by atoms with Gasteiger partial charge in [0, 0.05) is 18.1 Å². The van der Waals surface area contributed by atoms with Gasteiger partial charge in [-0.25, -0.2) is 4.79 Å². The lowest BCUT2D eigenvalue weighted by Crippen LogP contribution is -2.33. The van der Waals surface area contributed by atoms with Crippen LogP contribution in [-0.2, 0) is 11.3 Å². The van der Waals surface area contributed by atoms with Crippen molar-refractivity contribution >= 4 is 39.7 Å². The van der Waals surface area contributed by atoms with E-state index in [1.54, 1.807) is 19.2 Å². The highest BCUT2D eigenvalue weighted by atomic mass is 32.1. The summed E-state index contributed by atoms with van der Waals surface area (Å²) < 4.78 is 5.33. The zero-order valence-electron chi connectivity index (χ0n) is 11.6. The van der Waals surface area contributed by atoms with Gasteiger partial charge in [0.1, 0.15) is 17.1 Å². The number of nitrogens with zero attached hydrogens (tertiary/aromatic N) is 3.